The number of carbonyl (C=O) groups excluding carboxylic acids is 1. The lowest BCUT2D eigenvalue weighted by Crippen LogP contribution is -2.49. The third kappa shape index (κ3) is 12.2. The lowest BCUT2D eigenvalue weighted by atomic mass is 10.1. The van der Waals surface area contributed by atoms with E-state index >= 15 is 0 Å². The molecule has 1 aromatic carbocycles. The molecule has 1 heterocycles. The predicted molar refractivity (Wildman–Crippen MR) is 135 cm³/mol. The van der Waals surface area contributed by atoms with Crippen molar-refractivity contribution in [2.24, 2.45) is 0 Å². The van der Waals surface area contributed by atoms with E-state index in [1.807, 2.05) is 4.90 Å². The summed E-state index contributed by atoms with van der Waals surface area (Å²) in [6, 6.07) is 4.43. The van der Waals surface area contributed by atoms with E-state index in [-0.39, 0.29) is 43.6 Å². The fourth-order valence-corrected chi connectivity index (χ4v) is 4.11. The SMILES string of the molecule is O=C(O)CN1CCN(CC(=O)O)CCN(CC(=O)NCCc2ccc(O)c(O)c2)CCN(CC(=O)O)CC1. The van der Waals surface area contributed by atoms with Crippen molar-refractivity contribution in [2.45, 2.75) is 6.42 Å². The van der Waals surface area contributed by atoms with Gasteiger partial charge in [-0.15, -0.1) is 0 Å². The lowest BCUT2D eigenvalue weighted by Gasteiger charge is -2.32. The maximum Gasteiger partial charge on any atom is 0.317 e. The minimum absolute atomic E-state index is 0.0216. The highest BCUT2D eigenvalue weighted by Crippen LogP contribution is 2.24. The Morgan fingerprint density at radius 3 is 1.39 bits per heavy atom. The first kappa shape index (κ1) is 30.8. The third-order valence-corrected chi connectivity index (χ3v) is 6.15. The molecule has 1 saturated heterocycles. The van der Waals surface area contributed by atoms with Gasteiger partial charge in [0.1, 0.15) is 0 Å². The van der Waals surface area contributed by atoms with Gasteiger partial charge in [0.25, 0.3) is 0 Å². The molecular weight excluding hydrogens is 502 g/mol. The van der Waals surface area contributed by atoms with Gasteiger partial charge in [-0.1, -0.05) is 6.07 Å². The van der Waals surface area contributed by atoms with E-state index < -0.39 is 17.9 Å². The van der Waals surface area contributed by atoms with Gasteiger partial charge in [-0.05, 0) is 24.1 Å². The second-order valence-electron chi connectivity index (χ2n) is 9.21. The van der Waals surface area contributed by atoms with E-state index in [1.54, 1.807) is 20.8 Å². The van der Waals surface area contributed by atoms with Crippen molar-refractivity contribution in [3.05, 3.63) is 23.8 Å². The summed E-state index contributed by atoms with van der Waals surface area (Å²) < 4.78 is 0. The maximum absolute atomic E-state index is 12.6. The van der Waals surface area contributed by atoms with Crippen molar-refractivity contribution in [3.8, 4) is 11.5 Å². The fourth-order valence-electron chi connectivity index (χ4n) is 4.11. The number of hydrogen-bond donors (Lipinski definition) is 6. The Kier molecular flexibility index (Phi) is 12.7. The fraction of sp³-hybridized carbons (Fsp3) is 0.583. The van der Waals surface area contributed by atoms with Crippen LogP contribution < -0.4 is 5.32 Å². The van der Waals surface area contributed by atoms with E-state index in [4.69, 9.17) is 0 Å². The second-order valence-corrected chi connectivity index (χ2v) is 9.21. The summed E-state index contributed by atoms with van der Waals surface area (Å²) in [6.45, 7) is 2.18. The molecule has 6 N–H and O–H groups in total. The van der Waals surface area contributed by atoms with Crippen LogP contribution in [0.2, 0.25) is 0 Å². The smallest absolute Gasteiger partial charge is 0.317 e. The normalized spacial score (nSPS) is 17.3. The highest BCUT2D eigenvalue weighted by atomic mass is 16.4. The van der Waals surface area contributed by atoms with Crippen molar-refractivity contribution in [1.82, 2.24) is 24.9 Å². The van der Waals surface area contributed by atoms with Crippen LogP contribution in [-0.4, -0.2) is 154 Å². The maximum atomic E-state index is 12.6. The number of nitrogens with zero attached hydrogens (tertiary/aromatic N) is 4. The number of nitrogens with one attached hydrogen (secondary N) is 1. The molecule has 2 rings (SSSR count). The molecule has 212 valence electrons. The van der Waals surface area contributed by atoms with Gasteiger partial charge in [-0.25, -0.2) is 0 Å². The van der Waals surface area contributed by atoms with Gasteiger partial charge >= 0.3 is 17.9 Å². The number of phenols is 2. The van der Waals surface area contributed by atoms with E-state index in [0.717, 1.165) is 5.56 Å². The van der Waals surface area contributed by atoms with Gasteiger partial charge in [-0.3, -0.25) is 38.8 Å². The summed E-state index contributed by atoms with van der Waals surface area (Å²) in [5, 5.41) is 49.6. The minimum atomic E-state index is -1.02. The number of carboxylic acids is 3. The predicted octanol–water partition coefficient (Wildman–Crippen LogP) is -1.77. The number of aromatic hydroxyl groups is 2. The number of hydrogen-bond acceptors (Lipinski definition) is 10. The Hall–Kier alpha value is -3.46. The molecule has 1 fully saturated rings. The van der Waals surface area contributed by atoms with Crippen LogP contribution in [0.15, 0.2) is 18.2 Å². The Bertz CT molecular complexity index is 929. The Morgan fingerprint density at radius 1 is 0.632 bits per heavy atom. The average Bonchev–Trinajstić information content (AvgIpc) is 2.82. The third-order valence-electron chi connectivity index (χ3n) is 6.15. The Balaban J connectivity index is 2.02. The van der Waals surface area contributed by atoms with Crippen LogP contribution in [-0.2, 0) is 25.6 Å². The molecule has 0 aliphatic carbocycles. The zero-order valence-electron chi connectivity index (χ0n) is 21.3. The van der Waals surface area contributed by atoms with E-state index in [1.165, 1.54) is 12.1 Å². The van der Waals surface area contributed by atoms with Crippen molar-refractivity contribution in [1.29, 1.82) is 0 Å². The molecule has 0 atom stereocenters. The molecule has 1 aromatic rings. The molecule has 38 heavy (non-hydrogen) atoms. The number of phenolic OH excluding ortho intramolecular Hbond substituents is 2. The number of carboxylic acid groups (broad SMARTS) is 3. The topological polar surface area (TPSA) is 194 Å². The highest BCUT2D eigenvalue weighted by Gasteiger charge is 2.21. The summed E-state index contributed by atoms with van der Waals surface area (Å²) >= 11 is 0. The molecular formula is C24H37N5O9. The average molecular weight is 540 g/mol. The number of rotatable bonds is 11. The van der Waals surface area contributed by atoms with Crippen molar-refractivity contribution < 1.29 is 44.7 Å². The van der Waals surface area contributed by atoms with Crippen molar-refractivity contribution in [2.75, 3.05) is 85.1 Å². The summed E-state index contributed by atoms with van der Waals surface area (Å²) in [4.78, 5) is 53.5. The monoisotopic (exact) mass is 539 g/mol. The van der Waals surface area contributed by atoms with Crippen LogP contribution in [0.3, 0.4) is 0 Å². The van der Waals surface area contributed by atoms with Crippen molar-refractivity contribution in [3.63, 3.8) is 0 Å². The highest BCUT2D eigenvalue weighted by molar-refractivity contribution is 5.78. The first-order chi connectivity index (χ1) is 18.0. The van der Waals surface area contributed by atoms with Crippen LogP contribution in [0.1, 0.15) is 5.56 Å². The first-order valence-corrected chi connectivity index (χ1v) is 12.3. The van der Waals surface area contributed by atoms with Crippen LogP contribution in [0.25, 0.3) is 0 Å². The minimum Gasteiger partial charge on any atom is -0.504 e. The molecule has 0 spiro atoms. The molecule has 0 aromatic heterocycles. The molecule has 0 radical (unpaired) electrons. The van der Waals surface area contributed by atoms with Crippen LogP contribution in [0, 0.1) is 0 Å². The van der Waals surface area contributed by atoms with Gasteiger partial charge in [0.05, 0.1) is 26.2 Å². The van der Waals surface area contributed by atoms with E-state index in [2.05, 4.69) is 5.32 Å². The molecule has 0 saturated carbocycles. The quantitative estimate of drug-likeness (QED) is 0.173. The molecule has 14 nitrogen and oxygen atoms in total. The van der Waals surface area contributed by atoms with E-state index in [0.29, 0.717) is 65.3 Å². The van der Waals surface area contributed by atoms with Gasteiger partial charge in [0, 0.05) is 58.9 Å². The number of aliphatic carboxylic acids is 3. The molecule has 0 bridgehead atoms. The van der Waals surface area contributed by atoms with Gasteiger partial charge < -0.3 is 30.8 Å². The number of benzene rings is 1. The zero-order chi connectivity index (χ0) is 28.1. The van der Waals surface area contributed by atoms with Gasteiger partial charge in [0.15, 0.2) is 11.5 Å². The van der Waals surface area contributed by atoms with E-state index in [9.17, 15) is 44.7 Å². The van der Waals surface area contributed by atoms with Gasteiger partial charge in [0.2, 0.25) is 5.91 Å². The van der Waals surface area contributed by atoms with Crippen molar-refractivity contribution >= 4 is 23.8 Å². The zero-order valence-corrected chi connectivity index (χ0v) is 21.3. The lowest BCUT2D eigenvalue weighted by molar-refractivity contribution is -0.140. The number of amides is 1. The largest absolute Gasteiger partial charge is 0.504 e. The van der Waals surface area contributed by atoms with Crippen LogP contribution >= 0.6 is 0 Å². The standard InChI is InChI=1S/C24H37N5O9/c30-19-2-1-18(13-20(19)31)3-4-25-21(32)14-26-5-7-27(15-22(33)34)9-11-29(17-24(37)38)12-10-28(8-6-26)16-23(35)36/h1-2,13,30-31H,3-12,14-17H2,(H,25,32)(H,33,34)(H,35,36)(H,37,38). The summed E-state index contributed by atoms with van der Waals surface area (Å²) in [7, 11) is 0. The summed E-state index contributed by atoms with van der Waals surface area (Å²) in [5.74, 6) is -3.78. The van der Waals surface area contributed by atoms with Crippen LogP contribution in [0.5, 0.6) is 11.5 Å². The second kappa shape index (κ2) is 15.7. The summed E-state index contributed by atoms with van der Waals surface area (Å²) in [5.41, 5.74) is 0.734. The molecule has 1 aliphatic rings. The summed E-state index contributed by atoms with van der Waals surface area (Å²) in [6.07, 6.45) is 0.436. The van der Waals surface area contributed by atoms with Crippen LogP contribution in [0.4, 0.5) is 0 Å². The Labute approximate surface area is 220 Å². The first-order valence-electron chi connectivity index (χ1n) is 12.3. The molecule has 1 aliphatic heterocycles. The molecule has 14 heteroatoms. The Morgan fingerprint density at radius 2 is 1.03 bits per heavy atom. The molecule has 0 unspecified atom stereocenters. The molecule has 1 amide bonds. The van der Waals surface area contributed by atoms with Gasteiger partial charge in [-0.2, -0.15) is 0 Å². The number of carbonyl (C=O) groups is 4.